The van der Waals surface area contributed by atoms with Crippen LogP contribution in [0.3, 0.4) is 0 Å². The molecule has 0 fully saturated rings. The third-order valence-electron chi connectivity index (χ3n) is 2.69. The maximum absolute atomic E-state index is 10.4. The zero-order valence-corrected chi connectivity index (χ0v) is 11.8. The third-order valence-corrected chi connectivity index (χ3v) is 3.37. The van der Waals surface area contributed by atoms with Gasteiger partial charge in [0.25, 0.3) is 0 Å². The van der Waals surface area contributed by atoms with Crippen LogP contribution in [0.1, 0.15) is 19.4 Å². The fourth-order valence-electron chi connectivity index (χ4n) is 1.60. The lowest BCUT2D eigenvalue weighted by atomic mass is 9.99. The minimum Gasteiger partial charge on any atom is -0.478 e. The van der Waals surface area contributed by atoms with Gasteiger partial charge in [0.05, 0.1) is 6.61 Å². The zero-order valence-electron chi connectivity index (χ0n) is 11.0. The van der Waals surface area contributed by atoms with Gasteiger partial charge in [0.1, 0.15) is 17.7 Å². The van der Waals surface area contributed by atoms with E-state index in [-0.39, 0.29) is 0 Å². The number of nitrogens with one attached hydrogen (secondary N) is 1. The summed E-state index contributed by atoms with van der Waals surface area (Å²) in [7, 11) is 0. The first-order valence-corrected chi connectivity index (χ1v) is 7.00. The maximum atomic E-state index is 10.4. The molecule has 0 radical (unpaired) electrons. The minimum atomic E-state index is -0.934. The number of ether oxygens (including phenoxy) is 1. The van der Waals surface area contributed by atoms with Gasteiger partial charge in [-0.3, -0.25) is 0 Å². The molecule has 0 aliphatic rings. The number of thiophene rings is 1. The first-order valence-electron chi connectivity index (χ1n) is 6.05. The fraction of sp³-hybridized carbons (Fsp3) is 0.385. The first-order chi connectivity index (χ1) is 9.12. The summed E-state index contributed by atoms with van der Waals surface area (Å²) in [6, 6.07) is 3.63. The Hall–Kier alpha value is -1.66. The van der Waals surface area contributed by atoms with Crippen molar-refractivity contribution >= 4 is 17.2 Å². The molecule has 2 N–H and O–H groups in total. The van der Waals surface area contributed by atoms with Crippen molar-refractivity contribution in [3.05, 3.63) is 34.8 Å². The van der Waals surface area contributed by atoms with Gasteiger partial charge in [-0.1, -0.05) is 0 Å². The summed E-state index contributed by atoms with van der Waals surface area (Å²) in [4.78, 5) is 8.08. The number of aliphatic hydroxyl groups is 1. The number of hydrogen-bond donors (Lipinski definition) is 2. The van der Waals surface area contributed by atoms with Gasteiger partial charge in [-0.2, -0.15) is 11.3 Å². The summed E-state index contributed by atoms with van der Waals surface area (Å²) in [5.41, 5.74) is -0.0411. The quantitative estimate of drug-likeness (QED) is 0.849. The topological polar surface area (TPSA) is 67.3 Å². The molecular weight excluding hydrogens is 262 g/mol. The van der Waals surface area contributed by atoms with Gasteiger partial charge < -0.3 is 15.2 Å². The Balaban J connectivity index is 2.00. The number of nitrogens with zero attached hydrogens (tertiary/aromatic N) is 2. The lowest BCUT2D eigenvalue weighted by Gasteiger charge is -2.23. The van der Waals surface area contributed by atoms with E-state index in [1.54, 1.807) is 24.3 Å². The predicted molar refractivity (Wildman–Crippen MR) is 75.6 cm³/mol. The molecule has 2 aromatic rings. The summed E-state index contributed by atoms with van der Waals surface area (Å²) >= 11 is 1.56. The van der Waals surface area contributed by atoms with Crippen LogP contribution in [0.5, 0.6) is 5.88 Å². The van der Waals surface area contributed by atoms with E-state index in [1.165, 1.54) is 6.33 Å². The Morgan fingerprint density at radius 1 is 1.47 bits per heavy atom. The Morgan fingerprint density at radius 2 is 2.32 bits per heavy atom. The molecule has 1 unspecified atom stereocenters. The van der Waals surface area contributed by atoms with Gasteiger partial charge in [0.2, 0.25) is 5.88 Å². The van der Waals surface area contributed by atoms with Crippen molar-refractivity contribution in [1.82, 2.24) is 9.97 Å². The molecule has 6 heteroatoms. The number of anilines is 1. The van der Waals surface area contributed by atoms with Crippen LogP contribution in [-0.2, 0) is 5.60 Å². The van der Waals surface area contributed by atoms with Gasteiger partial charge in [0.15, 0.2) is 0 Å². The number of hydrogen-bond acceptors (Lipinski definition) is 6. The van der Waals surface area contributed by atoms with Crippen molar-refractivity contribution < 1.29 is 9.84 Å². The van der Waals surface area contributed by atoms with E-state index in [0.29, 0.717) is 24.8 Å². The second kappa shape index (κ2) is 5.99. The van der Waals surface area contributed by atoms with Crippen molar-refractivity contribution in [1.29, 1.82) is 0 Å². The van der Waals surface area contributed by atoms with E-state index in [4.69, 9.17) is 4.74 Å². The van der Waals surface area contributed by atoms with Crippen molar-refractivity contribution in [2.45, 2.75) is 19.4 Å². The summed E-state index contributed by atoms with van der Waals surface area (Å²) in [6.07, 6.45) is 1.44. The second-order valence-corrected chi connectivity index (χ2v) is 5.09. The van der Waals surface area contributed by atoms with Crippen molar-refractivity contribution in [2.24, 2.45) is 0 Å². The maximum Gasteiger partial charge on any atom is 0.218 e. The fourth-order valence-corrected chi connectivity index (χ4v) is 2.38. The summed E-state index contributed by atoms with van der Waals surface area (Å²) in [6.45, 7) is 4.60. The highest BCUT2D eigenvalue weighted by molar-refractivity contribution is 7.08. The molecule has 0 saturated carbocycles. The average molecular weight is 279 g/mol. The van der Waals surface area contributed by atoms with E-state index in [0.717, 1.165) is 5.56 Å². The molecule has 1 atom stereocenters. The highest BCUT2D eigenvalue weighted by Gasteiger charge is 2.23. The van der Waals surface area contributed by atoms with E-state index < -0.39 is 5.60 Å². The Kier molecular flexibility index (Phi) is 4.34. The molecule has 2 rings (SSSR count). The standard InChI is InChI=1S/C13H17N3O2S/c1-3-18-12-6-11(15-9-16-12)14-8-13(2,17)10-4-5-19-7-10/h4-7,9,17H,3,8H2,1-2H3,(H,14,15,16). The molecule has 19 heavy (non-hydrogen) atoms. The van der Waals surface area contributed by atoms with Crippen LogP contribution in [0.2, 0.25) is 0 Å². The van der Waals surface area contributed by atoms with Crippen molar-refractivity contribution in [2.75, 3.05) is 18.5 Å². The molecule has 0 bridgehead atoms. The normalized spacial score (nSPS) is 13.8. The third kappa shape index (κ3) is 3.65. The Morgan fingerprint density at radius 3 is 3.00 bits per heavy atom. The highest BCUT2D eigenvalue weighted by atomic mass is 32.1. The zero-order chi connectivity index (χ0) is 13.7. The van der Waals surface area contributed by atoms with Crippen LogP contribution < -0.4 is 10.1 Å². The first kappa shape index (κ1) is 13.8. The van der Waals surface area contributed by atoms with E-state index in [9.17, 15) is 5.11 Å². The largest absolute Gasteiger partial charge is 0.478 e. The highest BCUT2D eigenvalue weighted by Crippen LogP contribution is 2.23. The Bertz CT molecular complexity index is 514. The summed E-state index contributed by atoms with van der Waals surface area (Å²) < 4.78 is 5.30. The molecule has 0 aliphatic heterocycles. The monoisotopic (exact) mass is 279 g/mol. The summed E-state index contributed by atoms with van der Waals surface area (Å²) in [5.74, 6) is 1.16. The number of rotatable bonds is 6. The van der Waals surface area contributed by atoms with Crippen LogP contribution in [0.25, 0.3) is 0 Å². The van der Waals surface area contributed by atoms with Crippen LogP contribution in [0.4, 0.5) is 5.82 Å². The van der Waals surface area contributed by atoms with Gasteiger partial charge in [-0.25, -0.2) is 9.97 Å². The van der Waals surface area contributed by atoms with Gasteiger partial charge >= 0.3 is 0 Å². The lowest BCUT2D eigenvalue weighted by molar-refractivity contribution is 0.0719. The van der Waals surface area contributed by atoms with Crippen molar-refractivity contribution in [3.63, 3.8) is 0 Å². The SMILES string of the molecule is CCOc1cc(NCC(C)(O)c2ccsc2)ncn1. The molecule has 0 aliphatic carbocycles. The van der Waals surface area contributed by atoms with Crippen LogP contribution >= 0.6 is 11.3 Å². The number of aromatic nitrogens is 2. The minimum absolute atomic E-state index is 0.367. The molecule has 2 heterocycles. The summed E-state index contributed by atoms with van der Waals surface area (Å²) in [5, 5.41) is 17.4. The lowest BCUT2D eigenvalue weighted by Crippen LogP contribution is -2.30. The van der Waals surface area contributed by atoms with Crippen LogP contribution in [-0.4, -0.2) is 28.2 Å². The molecule has 0 spiro atoms. The average Bonchev–Trinajstić information content (AvgIpc) is 2.92. The molecule has 102 valence electrons. The van der Waals surface area contributed by atoms with Crippen LogP contribution in [0, 0.1) is 0 Å². The predicted octanol–water partition coefficient (Wildman–Crippen LogP) is 2.26. The smallest absolute Gasteiger partial charge is 0.218 e. The van der Waals surface area contributed by atoms with Gasteiger partial charge in [-0.15, -0.1) is 0 Å². The van der Waals surface area contributed by atoms with E-state index in [2.05, 4.69) is 15.3 Å². The van der Waals surface area contributed by atoms with Crippen LogP contribution in [0.15, 0.2) is 29.2 Å². The molecule has 2 aromatic heterocycles. The molecule has 5 nitrogen and oxygen atoms in total. The molecular formula is C13H17N3O2S. The molecule has 0 saturated heterocycles. The van der Waals surface area contributed by atoms with Gasteiger partial charge in [0, 0.05) is 12.6 Å². The van der Waals surface area contributed by atoms with E-state index in [1.807, 2.05) is 23.8 Å². The van der Waals surface area contributed by atoms with Gasteiger partial charge in [-0.05, 0) is 36.2 Å². The Labute approximate surface area is 116 Å². The molecule has 0 aromatic carbocycles. The van der Waals surface area contributed by atoms with Crippen molar-refractivity contribution in [3.8, 4) is 5.88 Å². The second-order valence-electron chi connectivity index (χ2n) is 4.31. The molecule has 0 amide bonds. The van der Waals surface area contributed by atoms with E-state index >= 15 is 0 Å².